The van der Waals surface area contributed by atoms with E-state index >= 15 is 0 Å². The second-order valence-corrected chi connectivity index (χ2v) is 3.70. The molecule has 0 aromatic heterocycles. The number of aliphatic hydroxyl groups is 1. The van der Waals surface area contributed by atoms with Crippen LogP contribution in [0.15, 0.2) is 0 Å². The summed E-state index contributed by atoms with van der Waals surface area (Å²) in [5.41, 5.74) is -0.362. The van der Waals surface area contributed by atoms with E-state index in [9.17, 15) is 18.1 Å². The van der Waals surface area contributed by atoms with Gasteiger partial charge in [0.1, 0.15) is 0 Å². The van der Waals surface area contributed by atoms with Crippen LogP contribution in [0.5, 0.6) is 0 Å². The van der Waals surface area contributed by atoms with Crippen molar-refractivity contribution in [3.05, 3.63) is 0 Å². The van der Waals surface area contributed by atoms with E-state index in [1.807, 2.05) is 20.8 Å². The highest BCUT2D eigenvalue weighted by Gasteiger charge is 2.27. The zero-order valence-electron chi connectivity index (χ0n) is 9.99. The maximum atomic E-state index is 9.67. The lowest BCUT2D eigenvalue weighted by Crippen LogP contribution is -3.10. The van der Waals surface area contributed by atoms with Gasteiger partial charge in [0.2, 0.25) is 0 Å². The summed E-state index contributed by atoms with van der Waals surface area (Å²) in [5, 5.41) is 9.48. The lowest BCUT2D eigenvalue weighted by molar-refractivity contribution is -0.887. The maximum Gasteiger partial charge on any atom is 0.762 e. The smallest absolute Gasteiger partial charge is 0.390 e. The van der Waals surface area contributed by atoms with E-state index in [1.54, 1.807) is 4.90 Å². The molecule has 0 saturated carbocycles. The standard InChI is InChI=1S/C7H15NO.C2H6.BF3/c1-7(9)3-5-8(2)6-4-7;1-2;2-1(3)4/h9H,3-6H2,1-2H3;1-2H3;/p+1. The van der Waals surface area contributed by atoms with Crippen molar-refractivity contribution in [2.75, 3.05) is 20.1 Å². The summed E-state index contributed by atoms with van der Waals surface area (Å²) in [6.07, 6.45) is 1.91. The van der Waals surface area contributed by atoms with E-state index in [2.05, 4.69) is 7.05 Å². The maximum absolute atomic E-state index is 9.67. The van der Waals surface area contributed by atoms with E-state index in [0.29, 0.717) is 0 Å². The SMILES string of the molecule is CC.C[NH+]1CCC(C)(O)CC1.FB(F)F. The van der Waals surface area contributed by atoms with Gasteiger partial charge >= 0.3 is 7.54 Å². The van der Waals surface area contributed by atoms with Crippen molar-refractivity contribution in [1.29, 1.82) is 0 Å². The van der Waals surface area contributed by atoms with Crippen LogP contribution in [0.2, 0.25) is 0 Å². The molecule has 2 N–H and O–H groups in total. The molecule has 15 heavy (non-hydrogen) atoms. The van der Waals surface area contributed by atoms with Crippen LogP contribution in [0.3, 0.4) is 0 Å². The topological polar surface area (TPSA) is 24.7 Å². The summed E-state index contributed by atoms with van der Waals surface area (Å²) < 4.78 is 29.0. The van der Waals surface area contributed by atoms with Gasteiger partial charge in [-0.05, 0) is 6.92 Å². The second kappa shape index (κ2) is 9.03. The van der Waals surface area contributed by atoms with Crippen LogP contribution >= 0.6 is 0 Å². The number of quaternary nitrogens is 1. The van der Waals surface area contributed by atoms with Crippen molar-refractivity contribution >= 4 is 7.54 Å². The third-order valence-electron chi connectivity index (χ3n) is 2.18. The van der Waals surface area contributed by atoms with Crippen molar-refractivity contribution in [2.24, 2.45) is 0 Å². The zero-order valence-corrected chi connectivity index (χ0v) is 9.99. The van der Waals surface area contributed by atoms with Gasteiger partial charge in [0.05, 0.1) is 25.7 Å². The molecule has 0 amide bonds. The third-order valence-corrected chi connectivity index (χ3v) is 2.18. The number of rotatable bonds is 0. The number of likely N-dealkylation sites (tertiary alicyclic amines) is 1. The van der Waals surface area contributed by atoms with Gasteiger partial charge in [-0.15, -0.1) is 0 Å². The molecule has 0 aromatic rings. The highest BCUT2D eigenvalue weighted by Crippen LogP contribution is 2.13. The van der Waals surface area contributed by atoms with Gasteiger partial charge in [-0.25, -0.2) is 0 Å². The molecule has 6 heteroatoms. The molecule has 2 nitrogen and oxygen atoms in total. The molecule has 92 valence electrons. The first-order chi connectivity index (χ1) is 6.83. The Kier molecular flexibility index (Phi) is 10.3. The molecule has 0 bridgehead atoms. The molecular formula is C9H22BF3NO+. The van der Waals surface area contributed by atoms with Crippen molar-refractivity contribution < 1.29 is 23.0 Å². The van der Waals surface area contributed by atoms with Crippen LogP contribution in [0.25, 0.3) is 0 Å². The van der Waals surface area contributed by atoms with Crippen LogP contribution in [-0.2, 0) is 0 Å². The van der Waals surface area contributed by atoms with Crippen molar-refractivity contribution in [3.8, 4) is 0 Å². The van der Waals surface area contributed by atoms with Gasteiger partial charge in [-0.3, -0.25) is 12.9 Å². The summed E-state index contributed by atoms with van der Waals surface area (Å²) in [6, 6.07) is 0. The summed E-state index contributed by atoms with van der Waals surface area (Å²) >= 11 is 0. The average molecular weight is 228 g/mol. The van der Waals surface area contributed by atoms with Crippen molar-refractivity contribution in [3.63, 3.8) is 0 Å². The molecule has 1 saturated heterocycles. The number of halogens is 3. The van der Waals surface area contributed by atoms with Crippen LogP contribution in [0.4, 0.5) is 12.9 Å². The highest BCUT2D eigenvalue weighted by atomic mass is 19.4. The first-order valence-corrected chi connectivity index (χ1v) is 5.29. The number of nitrogens with one attached hydrogen (secondary N) is 1. The molecule has 0 aromatic carbocycles. The minimum Gasteiger partial charge on any atom is -0.390 e. The summed E-state index contributed by atoms with van der Waals surface area (Å²) in [4.78, 5) is 1.54. The van der Waals surface area contributed by atoms with E-state index < -0.39 is 7.54 Å². The summed E-state index contributed by atoms with van der Waals surface area (Å²) in [6.45, 7) is 8.17. The molecule has 0 atom stereocenters. The van der Waals surface area contributed by atoms with Crippen molar-refractivity contribution in [1.82, 2.24) is 0 Å². The highest BCUT2D eigenvalue weighted by molar-refractivity contribution is 6.33. The number of hydrogen-bond acceptors (Lipinski definition) is 1. The quantitative estimate of drug-likeness (QED) is 0.593. The normalized spacial score (nSPS) is 29.2. The van der Waals surface area contributed by atoms with Crippen LogP contribution < -0.4 is 4.90 Å². The fourth-order valence-electron chi connectivity index (χ4n) is 1.22. The molecule has 1 rings (SSSR count). The second-order valence-electron chi connectivity index (χ2n) is 3.70. The lowest BCUT2D eigenvalue weighted by Gasteiger charge is -2.30. The van der Waals surface area contributed by atoms with Crippen molar-refractivity contribution in [2.45, 2.75) is 39.2 Å². The van der Waals surface area contributed by atoms with Crippen LogP contribution in [0.1, 0.15) is 33.6 Å². The largest absolute Gasteiger partial charge is 0.762 e. The first kappa shape index (κ1) is 17.2. The Hall–Kier alpha value is -0.225. The average Bonchev–Trinajstić information content (AvgIpc) is 2.13. The van der Waals surface area contributed by atoms with Crippen LogP contribution in [-0.4, -0.2) is 38.4 Å². The molecule has 1 aliphatic heterocycles. The number of hydrogen-bond donors (Lipinski definition) is 2. The van der Waals surface area contributed by atoms with E-state index in [1.165, 1.54) is 0 Å². The fourth-order valence-corrected chi connectivity index (χ4v) is 1.22. The van der Waals surface area contributed by atoms with E-state index in [0.717, 1.165) is 25.9 Å². The predicted molar refractivity (Wildman–Crippen MR) is 56.9 cm³/mol. The fraction of sp³-hybridized carbons (Fsp3) is 1.00. The Morgan fingerprint density at radius 1 is 1.13 bits per heavy atom. The predicted octanol–water partition coefficient (Wildman–Crippen LogP) is 0.952. The van der Waals surface area contributed by atoms with Gasteiger partial charge in [-0.2, -0.15) is 0 Å². The van der Waals surface area contributed by atoms with Crippen LogP contribution in [0, 0.1) is 0 Å². The molecule has 0 aliphatic carbocycles. The molecule has 0 radical (unpaired) electrons. The van der Waals surface area contributed by atoms with Gasteiger partial charge in [-0.1, -0.05) is 13.8 Å². The Balaban J connectivity index is 0. The summed E-state index contributed by atoms with van der Waals surface area (Å²) in [5.74, 6) is 0. The molecule has 1 heterocycles. The molecule has 0 spiro atoms. The monoisotopic (exact) mass is 228 g/mol. The molecule has 1 aliphatic rings. The van der Waals surface area contributed by atoms with Gasteiger partial charge in [0.25, 0.3) is 0 Å². The lowest BCUT2D eigenvalue weighted by atomic mass is 9.94. The van der Waals surface area contributed by atoms with Gasteiger partial charge < -0.3 is 10.0 Å². The molecule has 1 fully saturated rings. The Morgan fingerprint density at radius 2 is 1.40 bits per heavy atom. The van der Waals surface area contributed by atoms with Gasteiger partial charge in [0.15, 0.2) is 0 Å². The molecule has 0 unspecified atom stereocenters. The Morgan fingerprint density at radius 3 is 1.60 bits per heavy atom. The summed E-state index contributed by atoms with van der Waals surface area (Å²) in [7, 11) is -1.49. The Bertz CT molecular complexity index is 135. The zero-order chi connectivity index (χ0) is 12.5. The van der Waals surface area contributed by atoms with E-state index in [4.69, 9.17) is 0 Å². The minimum atomic E-state index is -3.67. The van der Waals surface area contributed by atoms with E-state index in [-0.39, 0.29) is 5.60 Å². The number of piperidine rings is 1. The third kappa shape index (κ3) is 13.8. The molecular weight excluding hydrogens is 206 g/mol. The van der Waals surface area contributed by atoms with Gasteiger partial charge in [0, 0.05) is 12.8 Å². The Labute approximate surface area is 90.7 Å². The minimum absolute atomic E-state index is 0.362. The first-order valence-electron chi connectivity index (χ1n) is 5.29.